The minimum atomic E-state index is 0. The summed E-state index contributed by atoms with van der Waals surface area (Å²) in [7, 11) is 5.02. The number of aryl methyl sites for hydroxylation is 1. The number of imidazole rings is 1. The number of nitrogens with one attached hydrogen (secondary N) is 2. The van der Waals surface area contributed by atoms with Crippen LogP contribution in [0.4, 0.5) is 0 Å². The molecule has 0 fully saturated rings. The molecule has 0 aliphatic rings. The second-order valence-electron chi connectivity index (χ2n) is 3.83. The van der Waals surface area contributed by atoms with Crippen LogP contribution in [-0.4, -0.2) is 45.4 Å². The summed E-state index contributed by atoms with van der Waals surface area (Å²) in [5, 5.41) is 8.93. The maximum absolute atomic E-state index is 4.95. The van der Waals surface area contributed by atoms with E-state index in [-0.39, 0.29) is 27.4 Å². The Morgan fingerprint density at radius 3 is 2.14 bits per heavy atom. The van der Waals surface area contributed by atoms with Gasteiger partial charge < -0.3 is 29.8 Å². The number of aliphatic imine (C=N–C) groups is 2. The third kappa shape index (κ3) is 6.06. The maximum Gasteiger partial charge on any atom is 2.00 e. The van der Waals surface area contributed by atoms with Crippen molar-refractivity contribution in [1.29, 1.82) is 0 Å². The Hall–Kier alpha value is -1.55. The van der Waals surface area contributed by atoms with Crippen molar-refractivity contribution in [1.82, 2.24) is 20.4 Å². The molecule has 1 heterocycles. The summed E-state index contributed by atoms with van der Waals surface area (Å²) in [6, 6.07) is 0. The van der Waals surface area contributed by atoms with Gasteiger partial charge in [0.2, 0.25) is 0 Å². The molecule has 0 saturated heterocycles. The molecule has 0 aliphatic carbocycles. The largest absolute Gasteiger partial charge is 2.00 e. The molecule has 22 heavy (non-hydrogen) atoms. The first-order valence-corrected chi connectivity index (χ1v) is 6.69. The summed E-state index contributed by atoms with van der Waals surface area (Å²) < 4.78 is 1.81. The SMILES string of the molecule is CN=C([S-])N/N=C(C)/C(=N/NC([S-])=NC)c1cncn1C.[Cu+2]. The van der Waals surface area contributed by atoms with Crippen molar-refractivity contribution in [2.45, 2.75) is 6.92 Å². The van der Waals surface area contributed by atoms with E-state index in [4.69, 9.17) is 25.3 Å². The van der Waals surface area contributed by atoms with Gasteiger partial charge >= 0.3 is 17.1 Å². The molecule has 0 aromatic carbocycles. The summed E-state index contributed by atoms with van der Waals surface area (Å²) in [5.74, 6) is 0. The van der Waals surface area contributed by atoms with E-state index in [0.29, 0.717) is 11.4 Å². The third-order valence-electron chi connectivity index (χ3n) is 2.39. The summed E-state index contributed by atoms with van der Waals surface area (Å²) in [6.45, 7) is 1.78. The normalized spacial score (nSPS) is 13.6. The van der Waals surface area contributed by atoms with Crippen LogP contribution in [0.1, 0.15) is 12.6 Å². The standard InChI is InChI=1S/C11H18N8S2.Cu/c1-7(15-17-10(20)12-2)9(16-18-11(21)13-3)8-5-14-6-19(8)4;/h5-6H,1-4H3,(H2,12,17,20)(H2,13,18,21);/q;+2/p-2/b15-7+,16-9-;. The van der Waals surface area contributed by atoms with Crippen LogP contribution in [0.3, 0.4) is 0 Å². The first-order chi connectivity index (χ1) is 9.99. The summed E-state index contributed by atoms with van der Waals surface area (Å²) in [6.07, 6.45) is 3.34. The van der Waals surface area contributed by atoms with Crippen molar-refractivity contribution in [3.63, 3.8) is 0 Å². The zero-order valence-electron chi connectivity index (χ0n) is 12.5. The molecule has 0 amide bonds. The van der Waals surface area contributed by atoms with Gasteiger partial charge in [0.25, 0.3) is 0 Å². The second kappa shape index (κ2) is 10.2. The molecule has 0 atom stereocenters. The molecule has 11 heteroatoms. The van der Waals surface area contributed by atoms with Crippen molar-refractivity contribution in [3.8, 4) is 0 Å². The van der Waals surface area contributed by atoms with E-state index in [1.54, 1.807) is 33.5 Å². The van der Waals surface area contributed by atoms with Gasteiger partial charge in [-0.05, 0) is 17.3 Å². The first-order valence-electron chi connectivity index (χ1n) is 5.88. The van der Waals surface area contributed by atoms with Gasteiger partial charge in [0, 0.05) is 21.1 Å². The van der Waals surface area contributed by atoms with Crippen LogP contribution in [0.2, 0.25) is 0 Å². The van der Waals surface area contributed by atoms with Crippen LogP contribution >= 0.6 is 0 Å². The molecule has 0 aliphatic heterocycles. The van der Waals surface area contributed by atoms with Crippen molar-refractivity contribution in [2.24, 2.45) is 27.2 Å². The Bertz CT molecular complexity index is 605. The van der Waals surface area contributed by atoms with Crippen LogP contribution in [0.25, 0.3) is 0 Å². The molecule has 0 saturated carbocycles. The average Bonchev–Trinajstić information content (AvgIpc) is 2.90. The van der Waals surface area contributed by atoms with Crippen molar-refractivity contribution >= 4 is 47.0 Å². The zero-order chi connectivity index (χ0) is 15.8. The van der Waals surface area contributed by atoms with Crippen LogP contribution < -0.4 is 10.9 Å². The van der Waals surface area contributed by atoms with E-state index in [2.05, 4.69) is 36.0 Å². The zero-order valence-corrected chi connectivity index (χ0v) is 15.0. The van der Waals surface area contributed by atoms with Crippen LogP contribution in [0.15, 0.2) is 32.7 Å². The molecule has 1 radical (unpaired) electrons. The fraction of sp³-hybridized carbons (Fsp3) is 0.364. The van der Waals surface area contributed by atoms with E-state index >= 15 is 0 Å². The Morgan fingerprint density at radius 1 is 1.14 bits per heavy atom. The Morgan fingerprint density at radius 2 is 1.68 bits per heavy atom. The molecule has 8 nitrogen and oxygen atoms in total. The summed E-state index contributed by atoms with van der Waals surface area (Å²) in [5.41, 5.74) is 7.25. The third-order valence-corrected chi connectivity index (χ3v) is 2.94. The van der Waals surface area contributed by atoms with Gasteiger partial charge in [-0.15, -0.1) is 0 Å². The van der Waals surface area contributed by atoms with Gasteiger partial charge in [-0.25, -0.2) is 4.98 Å². The quantitative estimate of drug-likeness (QED) is 0.244. The molecule has 1 rings (SSSR count). The fourth-order valence-corrected chi connectivity index (χ4v) is 1.39. The molecule has 1 aromatic rings. The number of amidine groups is 2. The number of hydrazone groups is 2. The molecular weight excluding hydrogens is 372 g/mol. The van der Waals surface area contributed by atoms with Gasteiger partial charge in [-0.3, -0.25) is 20.8 Å². The first kappa shape index (κ1) is 20.4. The van der Waals surface area contributed by atoms with E-state index in [0.717, 1.165) is 5.69 Å². The van der Waals surface area contributed by atoms with E-state index in [1.807, 2.05) is 11.6 Å². The minimum Gasteiger partial charge on any atom is -0.741 e. The summed E-state index contributed by atoms with van der Waals surface area (Å²) >= 11 is 9.87. The van der Waals surface area contributed by atoms with Gasteiger partial charge in [-0.1, -0.05) is 0 Å². The molecule has 123 valence electrons. The molecule has 0 spiro atoms. The van der Waals surface area contributed by atoms with Crippen LogP contribution in [0.5, 0.6) is 0 Å². The van der Waals surface area contributed by atoms with Crippen LogP contribution in [0, 0.1) is 0 Å². The Balaban J connectivity index is 0.00000441. The number of hydrogen-bond acceptors (Lipinski definition) is 7. The van der Waals surface area contributed by atoms with Gasteiger partial charge in [0.15, 0.2) is 0 Å². The summed E-state index contributed by atoms with van der Waals surface area (Å²) in [4.78, 5) is 11.7. The minimum absolute atomic E-state index is 0. The fourth-order valence-electron chi connectivity index (χ4n) is 1.30. The number of nitrogens with zero attached hydrogens (tertiary/aromatic N) is 6. The maximum atomic E-state index is 4.95. The predicted molar refractivity (Wildman–Crippen MR) is 90.6 cm³/mol. The van der Waals surface area contributed by atoms with Gasteiger partial charge in [0.05, 0.1) is 23.9 Å². The average molecular weight is 388 g/mol. The molecule has 2 N–H and O–H groups in total. The second-order valence-corrected chi connectivity index (χ2v) is 4.60. The van der Waals surface area contributed by atoms with Gasteiger partial charge in [-0.2, -0.15) is 10.2 Å². The van der Waals surface area contributed by atoms with Crippen molar-refractivity contribution < 1.29 is 17.1 Å². The molecular formula is C11H16CuN8S2. The number of aromatic nitrogens is 2. The smallest absolute Gasteiger partial charge is 0.741 e. The topological polar surface area (TPSA) is 91.3 Å². The Labute approximate surface area is 151 Å². The molecule has 1 aromatic heterocycles. The van der Waals surface area contributed by atoms with E-state index < -0.39 is 0 Å². The number of rotatable bonds is 4. The molecule has 0 bridgehead atoms. The van der Waals surface area contributed by atoms with Crippen molar-refractivity contribution in [2.75, 3.05) is 14.1 Å². The van der Waals surface area contributed by atoms with E-state index in [1.165, 1.54) is 0 Å². The van der Waals surface area contributed by atoms with Crippen LogP contribution in [-0.2, 0) is 49.4 Å². The monoisotopic (exact) mass is 387 g/mol. The molecule has 0 unspecified atom stereocenters. The Kier molecular flexibility index (Phi) is 9.50. The van der Waals surface area contributed by atoms with Gasteiger partial charge in [0.1, 0.15) is 5.71 Å². The van der Waals surface area contributed by atoms with Crippen molar-refractivity contribution in [3.05, 3.63) is 18.2 Å². The van der Waals surface area contributed by atoms with E-state index in [9.17, 15) is 0 Å². The predicted octanol–water partition coefficient (Wildman–Crippen LogP) is -0.258. The number of hydrogen-bond donors (Lipinski definition) is 2.